The van der Waals surface area contributed by atoms with Gasteiger partial charge < -0.3 is 4.74 Å². The van der Waals surface area contributed by atoms with Crippen LogP contribution in [0, 0.1) is 0 Å². The van der Waals surface area contributed by atoms with Crippen LogP contribution in [-0.2, 0) is 0 Å². The Bertz CT molecular complexity index is 239. The first-order chi connectivity index (χ1) is 5.36. The van der Waals surface area contributed by atoms with Crippen molar-refractivity contribution >= 4 is 35.6 Å². The molecule has 0 radical (unpaired) electrons. The summed E-state index contributed by atoms with van der Waals surface area (Å²) in [6.07, 6.45) is 4.07. The quantitative estimate of drug-likeness (QED) is 0.620. The van der Waals surface area contributed by atoms with E-state index < -0.39 is 0 Å². The zero-order chi connectivity index (χ0) is 8.10. The van der Waals surface area contributed by atoms with Gasteiger partial charge >= 0.3 is 29.6 Å². The average molecular weight is 172 g/mol. The molecule has 0 amide bonds. The molecule has 1 aromatic carbocycles. The third-order valence-corrected chi connectivity index (χ3v) is 1.47. The predicted molar refractivity (Wildman–Crippen MR) is 54.9 cm³/mol. The van der Waals surface area contributed by atoms with Crippen LogP contribution in [0.5, 0.6) is 5.75 Å². The molecule has 0 heterocycles. The molecule has 60 valence electrons. The minimum absolute atomic E-state index is 0. The van der Waals surface area contributed by atoms with E-state index in [0.29, 0.717) is 0 Å². The molecule has 2 heteroatoms. The fourth-order valence-electron chi connectivity index (χ4n) is 0.907. The van der Waals surface area contributed by atoms with Gasteiger partial charge in [0.25, 0.3) is 0 Å². The minimum atomic E-state index is 0. The van der Waals surface area contributed by atoms with Gasteiger partial charge in [-0.3, -0.25) is 0 Å². The summed E-state index contributed by atoms with van der Waals surface area (Å²) in [4.78, 5) is 0. The second-order valence-corrected chi connectivity index (χ2v) is 2.27. The fraction of sp³-hybridized carbons (Fsp3) is 0.200. The first-order valence-electron chi connectivity index (χ1n) is 3.63. The molecule has 1 nitrogen and oxygen atoms in total. The first kappa shape index (κ1) is 11.8. The van der Waals surface area contributed by atoms with Crippen molar-refractivity contribution in [1.29, 1.82) is 0 Å². The monoisotopic (exact) mass is 172 g/mol. The van der Waals surface area contributed by atoms with Crippen LogP contribution >= 0.6 is 0 Å². The van der Waals surface area contributed by atoms with E-state index in [0.717, 1.165) is 5.75 Å². The van der Waals surface area contributed by atoms with Gasteiger partial charge in [0.2, 0.25) is 0 Å². The topological polar surface area (TPSA) is 9.23 Å². The molecule has 0 saturated carbocycles. The molecule has 0 unspecified atom stereocenters. The van der Waals surface area contributed by atoms with Gasteiger partial charge in [0, 0.05) is 0 Å². The van der Waals surface area contributed by atoms with E-state index in [4.69, 9.17) is 4.74 Å². The fourth-order valence-corrected chi connectivity index (χ4v) is 0.907. The summed E-state index contributed by atoms with van der Waals surface area (Å²) in [5, 5.41) is 0. The number of hydrogen-bond acceptors (Lipinski definition) is 1. The summed E-state index contributed by atoms with van der Waals surface area (Å²) < 4.78 is 5.02. The Balaban J connectivity index is 0.00000121. The summed E-state index contributed by atoms with van der Waals surface area (Å²) in [7, 11) is 1.67. The summed E-state index contributed by atoms with van der Waals surface area (Å²) in [5.74, 6) is 0.901. The second-order valence-electron chi connectivity index (χ2n) is 2.27. The molecule has 0 aliphatic heterocycles. The maximum absolute atomic E-state index is 5.02. The van der Waals surface area contributed by atoms with Gasteiger partial charge in [0.15, 0.2) is 0 Å². The van der Waals surface area contributed by atoms with E-state index in [1.54, 1.807) is 7.11 Å². The Morgan fingerprint density at radius 1 is 1.17 bits per heavy atom. The molecular formula is C10H13NaO. The van der Waals surface area contributed by atoms with E-state index >= 15 is 0 Å². The van der Waals surface area contributed by atoms with Gasteiger partial charge in [0.1, 0.15) is 5.75 Å². The molecule has 0 aliphatic carbocycles. The number of benzene rings is 1. The summed E-state index contributed by atoms with van der Waals surface area (Å²) in [5.41, 5.74) is 1.20. The number of rotatable bonds is 2. The molecule has 1 rings (SSSR count). The van der Waals surface area contributed by atoms with Gasteiger partial charge in [0.05, 0.1) is 7.11 Å². The van der Waals surface area contributed by atoms with Gasteiger partial charge in [-0.2, -0.15) is 0 Å². The standard InChI is InChI=1S/C10H12O.Na.H/c1-3-4-9-5-7-10(11-2)8-6-9;;/h3-8H,1-2H3;;. The average Bonchev–Trinajstić information content (AvgIpc) is 2.07. The Hall–Kier alpha value is -0.240. The summed E-state index contributed by atoms with van der Waals surface area (Å²) >= 11 is 0. The SMILES string of the molecule is CC=Cc1ccc(OC)cc1.[NaH]. The van der Waals surface area contributed by atoms with Gasteiger partial charge in [-0.15, -0.1) is 0 Å². The van der Waals surface area contributed by atoms with Gasteiger partial charge in [-0.1, -0.05) is 24.3 Å². The van der Waals surface area contributed by atoms with Crippen molar-refractivity contribution in [2.24, 2.45) is 0 Å². The Labute approximate surface area is 95.7 Å². The van der Waals surface area contributed by atoms with Crippen LogP contribution in [0.2, 0.25) is 0 Å². The third kappa shape index (κ3) is 3.44. The molecule has 0 fully saturated rings. The molecule has 0 aliphatic rings. The zero-order valence-electron chi connectivity index (χ0n) is 6.87. The van der Waals surface area contributed by atoms with E-state index in [2.05, 4.69) is 6.08 Å². The van der Waals surface area contributed by atoms with Crippen molar-refractivity contribution in [1.82, 2.24) is 0 Å². The van der Waals surface area contributed by atoms with Crippen LogP contribution in [0.25, 0.3) is 6.08 Å². The third-order valence-electron chi connectivity index (χ3n) is 1.47. The second kappa shape index (κ2) is 6.30. The van der Waals surface area contributed by atoms with E-state index in [1.807, 2.05) is 37.3 Å². The Morgan fingerprint density at radius 2 is 1.75 bits per heavy atom. The molecule has 0 atom stereocenters. The number of ether oxygens (including phenoxy) is 1. The van der Waals surface area contributed by atoms with E-state index in [1.165, 1.54) is 5.56 Å². The Kier molecular flexibility index (Phi) is 6.17. The molecule has 0 saturated heterocycles. The molecular weight excluding hydrogens is 159 g/mol. The van der Waals surface area contributed by atoms with Crippen molar-refractivity contribution < 1.29 is 4.74 Å². The molecule has 0 N–H and O–H groups in total. The summed E-state index contributed by atoms with van der Waals surface area (Å²) in [6.45, 7) is 2.00. The van der Waals surface area contributed by atoms with Crippen molar-refractivity contribution in [3.05, 3.63) is 35.9 Å². The van der Waals surface area contributed by atoms with Crippen molar-refractivity contribution in [2.75, 3.05) is 7.11 Å². The molecule has 0 aromatic heterocycles. The van der Waals surface area contributed by atoms with Crippen LogP contribution < -0.4 is 4.74 Å². The van der Waals surface area contributed by atoms with Crippen LogP contribution in [-0.4, -0.2) is 36.7 Å². The first-order valence-corrected chi connectivity index (χ1v) is 3.63. The van der Waals surface area contributed by atoms with Crippen molar-refractivity contribution in [2.45, 2.75) is 6.92 Å². The number of methoxy groups -OCH3 is 1. The molecule has 1 aromatic rings. The van der Waals surface area contributed by atoms with Gasteiger partial charge in [-0.25, -0.2) is 0 Å². The normalized spacial score (nSPS) is 9.50. The number of hydrogen-bond donors (Lipinski definition) is 0. The Morgan fingerprint density at radius 3 is 2.17 bits per heavy atom. The van der Waals surface area contributed by atoms with E-state index in [-0.39, 0.29) is 29.6 Å². The van der Waals surface area contributed by atoms with Gasteiger partial charge in [-0.05, 0) is 24.6 Å². The van der Waals surface area contributed by atoms with Crippen molar-refractivity contribution in [3.63, 3.8) is 0 Å². The molecule has 0 bridgehead atoms. The van der Waals surface area contributed by atoms with Crippen LogP contribution in [0.4, 0.5) is 0 Å². The summed E-state index contributed by atoms with van der Waals surface area (Å²) in [6, 6.07) is 7.96. The van der Waals surface area contributed by atoms with Crippen LogP contribution in [0.3, 0.4) is 0 Å². The van der Waals surface area contributed by atoms with Crippen LogP contribution in [0.1, 0.15) is 12.5 Å². The van der Waals surface area contributed by atoms with Crippen LogP contribution in [0.15, 0.2) is 30.3 Å². The molecule has 0 spiro atoms. The predicted octanol–water partition coefficient (Wildman–Crippen LogP) is 2.08. The van der Waals surface area contributed by atoms with Crippen molar-refractivity contribution in [3.8, 4) is 5.75 Å². The maximum atomic E-state index is 5.02. The number of allylic oxidation sites excluding steroid dienone is 1. The van der Waals surface area contributed by atoms with E-state index in [9.17, 15) is 0 Å². The zero-order valence-corrected chi connectivity index (χ0v) is 6.87. The molecule has 12 heavy (non-hydrogen) atoms.